The molecule has 0 saturated heterocycles. The van der Waals surface area contributed by atoms with E-state index in [0.29, 0.717) is 23.4 Å². The number of nitrogens with one attached hydrogen (secondary N) is 1. The van der Waals surface area contributed by atoms with Crippen LogP contribution in [0.2, 0.25) is 0 Å². The van der Waals surface area contributed by atoms with Gasteiger partial charge < -0.3 is 10.3 Å². The number of carbonyl (C=O) groups excluding carboxylic acids is 1. The SMILES string of the molecule is NC(=O)c1n[nH]nc1-c1ccc2ccn(Cc3ccccc3F)c2c1. The van der Waals surface area contributed by atoms with Crippen LogP contribution in [-0.2, 0) is 6.54 Å². The van der Waals surface area contributed by atoms with Crippen molar-refractivity contribution in [3.8, 4) is 11.3 Å². The molecule has 6 nitrogen and oxygen atoms in total. The number of fused-ring (bicyclic) bond motifs is 1. The minimum atomic E-state index is -0.648. The lowest BCUT2D eigenvalue weighted by atomic mass is 10.1. The van der Waals surface area contributed by atoms with Crippen LogP contribution in [0.15, 0.2) is 54.7 Å². The van der Waals surface area contributed by atoms with Gasteiger partial charge in [-0.15, -0.1) is 0 Å². The van der Waals surface area contributed by atoms with E-state index in [9.17, 15) is 9.18 Å². The van der Waals surface area contributed by atoms with E-state index in [-0.39, 0.29) is 11.5 Å². The molecule has 3 N–H and O–H groups in total. The topological polar surface area (TPSA) is 89.6 Å². The normalized spacial score (nSPS) is 11.1. The molecule has 4 aromatic rings. The monoisotopic (exact) mass is 335 g/mol. The van der Waals surface area contributed by atoms with Crippen LogP contribution in [0.1, 0.15) is 16.1 Å². The van der Waals surface area contributed by atoms with Gasteiger partial charge in [0.2, 0.25) is 0 Å². The van der Waals surface area contributed by atoms with Crippen LogP contribution in [0.25, 0.3) is 22.2 Å². The van der Waals surface area contributed by atoms with Gasteiger partial charge in [-0.3, -0.25) is 4.79 Å². The number of aromatic nitrogens is 4. The Morgan fingerprint density at radius 2 is 2.00 bits per heavy atom. The molecule has 0 aliphatic heterocycles. The summed E-state index contributed by atoms with van der Waals surface area (Å²) in [6, 6.07) is 14.3. The van der Waals surface area contributed by atoms with E-state index in [4.69, 9.17) is 5.73 Å². The third-order valence-electron chi connectivity index (χ3n) is 4.13. The van der Waals surface area contributed by atoms with Crippen LogP contribution < -0.4 is 5.73 Å². The van der Waals surface area contributed by atoms with Gasteiger partial charge in [0.15, 0.2) is 5.69 Å². The molecule has 0 radical (unpaired) electrons. The summed E-state index contributed by atoms with van der Waals surface area (Å²) in [6.45, 7) is 0.404. The van der Waals surface area contributed by atoms with Crippen molar-refractivity contribution in [2.45, 2.75) is 6.54 Å². The molecule has 25 heavy (non-hydrogen) atoms. The minimum Gasteiger partial charge on any atom is -0.364 e. The summed E-state index contributed by atoms with van der Waals surface area (Å²) in [5.74, 6) is -0.890. The van der Waals surface area contributed by atoms with Gasteiger partial charge in [0.1, 0.15) is 11.5 Å². The zero-order chi connectivity index (χ0) is 17.4. The van der Waals surface area contributed by atoms with Crippen LogP contribution in [0.5, 0.6) is 0 Å². The van der Waals surface area contributed by atoms with Crippen molar-refractivity contribution in [3.63, 3.8) is 0 Å². The molecule has 7 heteroatoms. The standard InChI is InChI=1S/C18H14FN5O/c19-14-4-2-1-3-13(14)10-24-8-7-11-5-6-12(9-15(11)24)16-17(18(20)25)22-23-21-16/h1-9H,10H2,(H2,20,25)(H,21,22,23). The quantitative estimate of drug-likeness (QED) is 0.601. The highest BCUT2D eigenvalue weighted by atomic mass is 19.1. The van der Waals surface area contributed by atoms with E-state index in [1.54, 1.807) is 12.1 Å². The van der Waals surface area contributed by atoms with E-state index in [0.717, 1.165) is 10.9 Å². The predicted octanol–water partition coefficient (Wildman–Crippen LogP) is 2.71. The van der Waals surface area contributed by atoms with Gasteiger partial charge in [0, 0.05) is 22.8 Å². The van der Waals surface area contributed by atoms with Crippen molar-refractivity contribution >= 4 is 16.8 Å². The number of hydrogen-bond acceptors (Lipinski definition) is 3. The van der Waals surface area contributed by atoms with Gasteiger partial charge in [-0.25, -0.2) is 4.39 Å². The number of nitrogens with zero attached hydrogens (tertiary/aromatic N) is 3. The van der Waals surface area contributed by atoms with Crippen molar-refractivity contribution in [2.24, 2.45) is 5.73 Å². The van der Waals surface area contributed by atoms with Gasteiger partial charge in [-0.2, -0.15) is 15.4 Å². The first-order valence-electron chi connectivity index (χ1n) is 7.67. The first kappa shape index (κ1) is 15.1. The van der Waals surface area contributed by atoms with E-state index >= 15 is 0 Å². The minimum absolute atomic E-state index is 0.0894. The number of rotatable bonds is 4. The van der Waals surface area contributed by atoms with Crippen LogP contribution in [-0.4, -0.2) is 25.9 Å². The maximum atomic E-state index is 13.9. The second kappa shape index (κ2) is 5.86. The molecule has 0 aliphatic carbocycles. The number of halogens is 1. The summed E-state index contributed by atoms with van der Waals surface area (Å²) in [7, 11) is 0. The Morgan fingerprint density at radius 1 is 1.16 bits per heavy atom. The summed E-state index contributed by atoms with van der Waals surface area (Å²) < 4.78 is 15.9. The third kappa shape index (κ3) is 2.65. The van der Waals surface area contributed by atoms with Crippen LogP contribution in [0.3, 0.4) is 0 Å². The second-order valence-electron chi connectivity index (χ2n) is 5.69. The maximum absolute atomic E-state index is 13.9. The number of carbonyl (C=O) groups is 1. The molecule has 0 unspecified atom stereocenters. The molecular weight excluding hydrogens is 321 g/mol. The average Bonchev–Trinajstić information content (AvgIpc) is 3.24. The van der Waals surface area contributed by atoms with E-state index < -0.39 is 5.91 Å². The van der Waals surface area contributed by atoms with Gasteiger partial charge in [-0.1, -0.05) is 30.3 Å². The van der Waals surface area contributed by atoms with E-state index in [2.05, 4.69) is 15.4 Å². The number of nitrogens with two attached hydrogens (primary N) is 1. The van der Waals surface area contributed by atoms with Crippen molar-refractivity contribution in [2.75, 3.05) is 0 Å². The van der Waals surface area contributed by atoms with Crippen molar-refractivity contribution in [3.05, 3.63) is 71.8 Å². The highest BCUT2D eigenvalue weighted by Gasteiger charge is 2.16. The van der Waals surface area contributed by atoms with E-state index in [1.807, 2.05) is 41.1 Å². The van der Waals surface area contributed by atoms with Gasteiger partial charge in [0.05, 0.1) is 6.54 Å². The summed E-state index contributed by atoms with van der Waals surface area (Å²) in [6.07, 6.45) is 1.90. The molecule has 2 aromatic heterocycles. The highest BCUT2D eigenvalue weighted by molar-refractivity contribution is 5.97. The van der Waals surface area contributed by atoms with Gasteiger partial charge in [-0.05, 0) is 23.6 Å². The lowest BCUT2D eigenvalue weighted by Crippen LogP contribution is -2.12. The second-order valence-corrected chi connectivity index (χ2v) is 5.69. The van der Waals surface area contributed by atoms with Crippen molar-refractivity contribution in [1.29, 1.82) is 0 Å². The Morgan fingerprint density at radius 3 is 2.80 bits per heavy atom. The smallest absolute Gasteiger partial charge is 0.271 e. The lowest BCUT2D eigenvalue weighted by molar-refractivity contribution is 0.0996. The molecule has 0 saturated carbocycles. The summed E-state index contributed by atoms with van der Waals surface area (Å²) in [5, 5.41) is 11.2. The van der Waals surface area contributed by atoms with Crippen molar-refractivity contribution < 1.29 is 9.18 Å². The Kier molecular flexibility index (Phi) is 3.53. The average molecular weight is 335 g/mol. The van der Waals surface area contributed by atoms with Crippen LogP contribution in [0, 0.1) is 5.82 Å². The molecule has 1 amide bonds. The highest BCUT2D eigenvalue weighted by Crippen LogP contribution is 2.26. The molecule has 0 atom stereocenters. The molecule has 2 heterocycles. The molecule has 2 aromatic carbocycles. The van der Waals surface area contributed by atoms with Crippen molar-refractivity contribution in [1.82, 2.24) is 20.0 Å². The Labute approximate surface area is 142 Å². The first-order chi connectivity index (χ1) is 12.1. The number of benzene rings is 2. The Bertz CT molecular complexity index is 1080. The fourth-order valence-corrected chi connectivity index (χ4v) is 2.88. The zero-order valence-electron chi connectivity index (χ0n) is 13.1. The number of aromatic amines is 1. The summed E-state index contributed by atoms with van der Waals surface area (Å²) in [4.78, 5) is 11.5. The summed E-state index contributed by atoms with van der Waals surface area (Å²) in [5.41, 5.74) is 8.03. The molecule has 0 spiro atoms. The van der Waals surface area contributed by atoms with Gasteiger partial charge in [0.25, 0.3) is 5.91 Å². The van der Waals surface area contributed by atoms with Crippen LogP contribution in [0.4, 0.5) is 4.39 Å². The fraction of sp³-hybridized carbons (Fsp3) is 0.0556. The molecule has 0 fully saturated rings. The third-order valence-corrected chi connectivity index (χ3v) is 4.13. The summed E-state index contributed by atoms with van der Waals surface area (Å²) >= 11 is 0. The zero-order valence-corrected chi connectivity index (χ0v) is 13.1. The Balaban J connectivity index is 1.79. The first-order valence-corrected chi connectivity index (χ1v) is 7.67. The molecule has 4 rings (SSSR count). The number of hydrogen-bond donors (Lipinski definition) is 2. The number of primary amides is 1. The largest absolute Gasteiger partial charge is 0.364 e. The molecule has 124 valence electrons. The number of H-pyrrole nitrogens is 1. The molecule has 0 aliphatic rings. The van der Waals surface area contributed by atoms with Crippen LogP contribution >= 0.6 is 0 Å². The van der Waals surface area contributed by atoms with Gasteiger partial charge >= 0.3 is 0 Å². The fourth-order valence-electron chi connectivity index (χ4n) is 2.88. The predicted molar refractivity (Wildman–Crippen MR) is 91.3 cm³/mol. The molecule has 0 bridgehead atoms. The Hall–Kier alpha value is -3.48. The lowest BCUT2D eigenvalue weighted by Gasteiger charge is -2.08. The number of amides is 1. The van der Waals surface area contributed by atoms with E-state index in [1.165, 1.54) is 6.07 Å². The molecular formula is C18H14FN5O. The maximum Gasteiger partial charge on any atom is 0.271 e.